The topological polar surface area (TPSA) is 135 Å². The fourth-order valence-corrected chi connectivity index (χ4v) is 13.6. The molecule has 1 aliphatic rings. The summed E-state index contributed by atoms with van der Waals surface area (Å²) in [5.74, 6) is 0. The molecule has 0 atom stereocenters. The standard InChI is InChI=1S/C61H86N4O7S3/c1-7-13-17-23-43-64(44-24-18-14-8-2)73(66,67)57-31-27-29-51(47-57)49-62(11-5)55-39-35-53(36-40-55)61(59-33-21-22-34-60(59)75(70,71)72)54-37-41-56(42-38-54)63(12-6)50-52-30-28-32-58(48-52)74(68,69)65(45-25-19-15-9-3)46-26-20-16-10-4/h21-22,27-42,47-48H,7-20,23-26,43-46,49-50H2,1-6H3/p+1. The van der Waals surface area contributed by atoms with E-state index in [1.807, 2.05) is 72.8 Å². The summed E-state index contributed by atoms with van der Waals surface area (Å²) < 4.78 is 98.5. The fourth-order valence-electron chi connectivity index (χ4n) is 9.74. The van der Waals surface area contributed by atoms with Gasteiger partial charge in [-0.15, -0.1) is 0 Å². The zero-order valence-corrected chi connectivity index (χ0v) is 48.4. The molecule has 75 heavy (non-hydrogen) atoms. The number of sulfonamides is 2. The minimum Gasteiger partial charge on any atom is -0.367 e. The summed E-state index contributed by atoms with van der Waals surface area (Å²) in [5, 5.41) is 0. The molecule has 1 aliphatic carbocycles. The molecule has 0 amide bonds. The second-order valence-corrected chi connectivity index (χ2v) is 25.1. The molecule has 0 heterocycles. The zero-order valence-electron chi connectivity index (χ0n) is 45.9. The highest BCUT2D eigenvalue weighted by Gasteiger charge is 2.27. The van der Waals surface area contributed by atoms with Crippen molar-refractivity contribution < 1.29 is 34.4 Å². The van der Waals surface area contributed by atoms with Gasteiger partial charge in [0, 0.05) is 68.2 Å². The van der Waals surface area contributed by atoms with Crippen molar-refractivity contribution in [3.8, 4) is 0 Å². The van der Waals surface area contributed by atoms with Gasteiger partial charge in [0.2, 0.25) is 20.0 Å². The maximum absolute atomic E-state index is 14.2. The molecule has 0 bridgehead atoms. The Kier molecular flexibility index (Phi) is 25.2. The molecule has 0 radical (unpaired) electrons. The highest BCUT2D eigenvalue weighted by Crippen LogP contribution is 2.35. The van der Waals surface area contributed by atoms with Crippen LogP contribution in [0.25, 0.3) is 5.57 Å². The van der Waals surface area contributed by atoms with Crippen LogP contribution in [0.3, 0.4) is 0 Å². The van der Waals surface area contributed by atoms with Crippen molar-refractivity contribution in [2.24, 2.45) is 0 Å². The van der Waals surface area contributed by atoms with E-state index in [0.29, 0.717) is 73.3 Å². The Morgan fingerprint density at radius 2 is 0.973 bits per heavy atom. The third kappa shape index (κ3) is 17.9. The van der Waals surface area contributed by atoms with Crippen LogP contribution >= 0.6 is 0 Å². The van der Waals surface area contributed by atoms with E-state index in [2.05, 4.69) is 51.0 Å². The maximum Gasteiger partial charge on any atom is 0.295 e. The predicted octanol–water partition coefficient (Wildman–Crippen LogP) is 13.9. The number of rotatable bonds is 34. The lowest BCUT2D eigenvalue weighted by Gasteiger charge is -2.25. The summed E-state index contributed by atoms with van der Waals surface area (Å²) in [7, 11) is -12.0. The van der Waals surface area contributed by atoms with Gasteiger partial charge in [-0.1, -0.05) is 159 Å². The van der Waals surface area contributed by atoms with E-state index >= 15 is 0 Å². The molecule has 0 aromatic heterocycles. The van der Waals surface area contributed by atoms with Gasteiger partial charge >= 0.3 is 0 Å². The minimum atomic E-state index is -4.61. The quantitative estimate of drug-likeness (QED) is 0.0278. The van der Waals surface area contributed by atoms with Gasteiger partial charge in [0.1, 0.15) is 11.4 Å². The van der Waals surface area contributed by atoms with Crippen LogP contribution < -0.4 is 4.90 Å². The summed E-state index contributed by atoms with van der Waals surface area (Å²) in [4.78, 5) is 2.59. The van der Waals surface area contributed by atoms with E-state index in [1.54, 1.807) is 51.1 Å². The molecule has 0 saturated heterocycles. The van der Waals surface area contributed by atoms with Crippen LogP contribution in [-0.2, 0) is 43.3 Å². The Morgan fingerprint density at radius 3 is 1.43 bits per heavy atom. The molecule has 0 saturated carbocycles. The first-order valence-corrected chi connectivity index (χ1v) is 32.3. The highest BCUT2D eigenvalue weighted by atomic mass is 32.2. The van der Waals surface area contributed by atoms with Gasteiger partial charge in [0.25, 0.3) is 10.1 Å². The summed E-state index contributed by atoms with van der Waals surface area (Å²) in [6.07, 6.45) is 24.0. The van der Waals surface area contributed by atoms with E-state index in [9.17, 15) is 29.8 Å². The van der Waals surface area contributed by atoms with Crippen molar-refractivity contribution in [3.05, 3.63) is 149 Å². The van der Waals surface area contributed by atoms with Crippen molar-refractivity contribution in [2.45, 2.75) is 172 Å². The number of anilines is 1. The summed E-state index contributed by atoms with van der Waals surface area (Å²) in [6, 6.07) is 29.0. The monoisotopic (exact) mass is 1080 g/mol. The maximum atomic E-state index is 14.2. The highest BCUT2D eigenvalue weighted by molar-refractivity contribution is 7.89. The molecule has 4 aromatic rings. The third-order valence-electron chi connectivity index (χ3n) is 14.1. The largest absolute Gasteiger partial charge is 0.367 e. The van der Waals surface area contributed by atoms with Gasteiger partial charge in [0.15, 0.2) is 12.3 Å². The Balaban J connectivity index is 1.44. The molecular formula is C61H87N4O7S3+. The summed E-state index contributed by atoms with van der Waals surface area (Å²) in [5.41, 5.74) is 6.00. The molecular weight excluding hydrogens is 997 g/mol. The number of benzene rings is 4. The van der Waals surface area contributed by atoms with E-state index < -0.39 is 30.2 Å². The Hall–Kier alpha value is -4.70. The normalized spacial score (nSPS) is 13.1. The van der Waals surface area contributed by atoms with Crippen LogP contribution in [-0.4, -0.2) is 88.0 Å². The molecule has 410 valence electrons. The lowest BCUT2D eigenvalue weighted by molar-refractivity contribution is -0.539. The van der Waals surface area contributed by atoms with Crippen molar-refractivity contribution >= 4 is 47.1 Å². The summed E-state index contributed by atoms with van der Waals surface area (Å²) in [6.45, 7) is 17.0. The van der Waals surface area contributed by atoms with Gasteiger partial charge in [-0.3, -0.25) is 4.55 Å². The molecule has 0 unspecified atom stereocenters. The molecule has 4 aromatic carbocycles. The van der Waals surface area contributed by atoms with Crippen LogP contribution in [0.2, 0.25) is 0 Å². The number of hydrogen-bond acceptors (Lipinski definition) is 7. The molecule has 0 fully saturated rings. The first kappa shape index (κ1) is 61.2. The summed E-state index contributed by atoms with van der Waals surface area (Å²) >= 11 is 0. The minimum absolute atomic E-state index is 0.204. The van der Waals surface area contributed by atoms with Crippen LogP contribution in [0, 0.1) is 0 Å². The van der Waals surface area contributed by atoms with Gasteiger partial charge < -0.3 is 4.90 Å². The van der Waals surface area contributed by atoms with Crippen LogP contribution in [0.4, 0.5) is 5.69 Å². The average Bonchev–Trinajstić information content (AvgIpc) is 3.41. The molecule has 0 spiro atoms. The van der Waals surface area contributed by atoms with Gasteiger partial charge in [-0.2, -0.15) is 17.0 Å². The molecule has 1 N–H and O–H groups in total. The van der Waals surface area contributed by atoms with Crippen LogP contribution in [0.1, 0.15) is 167 Å². The van der Waals surface area contributed by atoms with Crippen LogP contribution in [0.5, 0.6) is 0 Å². The smallest absolute Gasteiger partial charge is 0.295 e. The van der Waals surface area contributed by atoms with Gasteiger partial charge in [-0.25, -0.2) is 21.4 Å². The van der Waals surface area contributed by atoms with Crippen molar-refractivity contribution in [1.82, 2.24) is 8.61 Å². The molecule has 14 heteroatoms. The first-order valence-electron chi connectivity index (χ1n) is 27.9. The first-order chi connectivity index (χ1) is 36.1. The number of nitrogens with zero attached hydrogens (tertiary/aromatic N) is 4. The lowest BCUT2D eigenvalue weighted by atomic mass is 9.90. The Labute approximate surface area is 453 Å². The lowest BCUT2D eigenvalue weighted by Crippen LogP contribution is -2.33. The molecule has 11 nitrogen and oxygen atoms in total. The van der Waals surface area contributed by atoms with Crippen molar-refractivity contribution in [3.63, 3.8) is 0 Å². The van der Waals surface area contributed by atoms with E-state index in [-0.39, 0.29) is 4.90 Å². The second-order valence-electron chi connectivity index (χ2n) is 19.8. The number of unbranched alkanes of at least 4 members (excludes halogenated alkanes) is 12. The van der Waals surface area contributed by atoms with Crippen LogP contribution in [0.15, 0.2) is 142 Å². The number of hydrogen-bond donors (Lipinski definition) is 1. The zero-order chi connectivity index (χ0) is 54.3. The van der Waals surface area contributed by atoms with Crippen molar-refractivity contribution in [1.29, 1.82) is 0 Å². The van der Waals surface area contributed by atoms with Gasteiger partial charge in [-0.05, 0) is 116 Å². The Morgan fingerprint density at radius 1 is 0.507 bits per heavy atom. The second kappa shape index (κ2) is 30.9. The number of allylic oxidation sites excluding steroid dienone is 5. The van der Waals surface area contributed by atoms with E-state index in [0.717, 1.165) is 136 Å². The molecule has 5 rings (SSSR count). The Bertz CT molecular complexity index is 2850. The van der Waals surface area contributed by atoms with Gasteiger partial charge in [0.05, 0.1) is 9.79 Å². The van der Waals surface area contributed by atoms with E-state index in [1.165, 1.54) is 6.07 Å². The fraction of sp³-hybridized carbons (Fsp3) is 0.492. The predicted molar refractivity (Wildman–Crippen MR) is 310 cm³/mol. The SMILES string of the molecule is CCCCCCN(CCCCCC)S(=O)(=O)c1cccc(CN(CC)c2ccc(C(=C3C=CC(=[N+](CC)Cc4cccc(S(=O)(=O)N(CCCCCC)CCCCCC)c4)C=C3)c3ccccc3S(=O)(=O)O)cc2)c1. The third-order valence-corrected chi connectivity index (χ3v) is 18.8. The molecule has 0 aliphatic heterocycles. The average molecular weight is 1080 g/mol. The van der Waals surface area contributed by atoms with E-state index in [4.69, 9.17) is 0 Å². The van der Waals surface area contributed by atoms with Crippen molar-refractivity contribution in [2.75, 3.05) is 44.2 Å².